The van der Waals surface area contributed by atoms with Crippen molar-refractivity contribution in [2.45, 2.75) is 32.2 Å². The molecule has 1 aliphatic rings. The summed E-state index contributed by atoms with van der Waals surface area (Å²) >= 11 is 1.61. The van der Waals surface area contributed by atoms with Gasteiger partial charge in [-0.2, -0.15) is 0 Å². The fourth-order valence-electron chi connectivity index (χ4n) is 2.43. The molecule has 1 saturated heterocycles. The van der Waals surface area contributed by atoms with Gasteiger partial charge in [0.1, 0.15) is 0 Å². The van der Waals surface area contributed by atoms with E-state index in [1.807, 2.05) is 24.4 Å². The van der Waals surface area contributed by atoms with Crippen molar-refractivity contribution < 1.29 is 8.42 Å². The lowest BCUT2D eigenvalue weighted by Crippen LogP contribution is -2.45. The molecular weight excluding hydrogens is 316 g/mol. The highest BCUT2D eigenvalue weighted by molar-refractivity contribution is 7.89. The zero-order valence-corrected chi connectivity index (χ0v) is 14.1. The number of halogens is 1. The minimum atomic E-state index is -3.18. The van der Waals surface area contributed by atoms with Gasteiger partial charge in [0.25, 0.3) is 0 Å². The molecule has 1 aliphatic heterocycles. The largest absolute Gasteiger partial charge is 0.316 e. The van der Waals surface area contributed by atoms with Gasteiger partial charge in [0.05, 0.1) is 5.75 Å². The lowest BCUT2D eigenvalue weighted by molar-refractivity contribution is 0.320. The number of sulfonamides is 1. The van der Waals surface area contributed by atoms with Crippen molar-refractivity contribution in [1.29, 1.82) is 0 Å². The summed E-state index contributed by atoms with van der Waals surface area (Å²) < 4.78 is 26.9. The number of aryl methyl sites for hydroxylation is 1. The maximum absolute atomic E-state index is 12.1. The molecule has 116 valence electrons. The Labute approximate surface area is 131 Å². The molecule has 1 aromatic heterocycles. The second-order valence-electron chi connectivity index (χ2n) is 5.16. The molecule has 0 amide bonds. The second-order valence-corrected chi connectivity index (χ2v) is 8.07. The molecule has 2 N–H and O–H groups in total. The van der Waals surface area contributed by atoms with Crippen molar-refractivity contribution in [3.63, 3.8) is 0 Å². The predicted molar refractivity (Wildman–Crippen MR) is 87.2 cm³/mol. The Bertz CT molecular complexity index is 471. The molecule has 2 heterocycles. The topological polar surface area (TPSA) is 58.2 Å². The number of hydrogen-bond acceptors (Lipinski definition) is 4. The molecule has 1 aromatic rings. The van der Waals surface area contributed by atoms with E-state index in [0.29, 0.717) is 12.3 Å². The number of nitrogens with one attached hydrogen (secondary N) is 2. The molecule has 0 radical (unpaired) electrons. The van der Waals surface area contributed by atoms with Crippen LogP contribution >= 0.6 is 23.7 Å². The van der Waals surface area contributed by atoms with Crippen molar-refractivity contribution in [2.75, 3.05) is 18.8 Å². The first-order valence-corrected chi connectivity index (χ1v) is 9.33. The van der Waals surface area contributed by atoms with Gasteiger partial charge < -0.3 is 5.32 Å². The average molecular weight is 339 g/mol. The Morgan fingerprint density at radius 2 is 2.35 bits per heavy atom. The number of hydrogen-bond donors (Lipinski definition) is 2. The van der Waals surface area contributed by atoms with Crippen LogP contribution in [0.5, 0.6) is 0 Å². The first-order chi connectivity index (χ1) is 9.07. The van der Waals surface area contributed by atoms with Crippen LogP contribution in [0.1, 0.15) is 24.6 Å². The van der Waals surface area contributed by atoms with Crippen LogP contribution < -0.4 is 10.0 Å². The van der Waals surface area contributed by atoms with E-state index in [1.54, 1.807) is 11.3 Å². The van der Waals surface area contributed by atoms with Gasteiger partial charge in [-0.15, -0.1) is 23.7 Å². The summed E-state index contributed by atoms with van der Waals surface area (Å²) in [6, 6.07) is 3.95. The van der Waals surface area contributed by atoms with Gasteiger partial charge in [0.2, 0.25) is 10.0 Å². The van der Waals surface area contributed by atoms with Crippen LogP contribution in [0, 0.1) is 5.92 Å². The Morgan fingerprint density at radius 3 is 2.95 bits per heavy atom. The lowest BCUT2D eigenvalue weighted by Gasteiger charge is -2.28. The first-order valence-electron chi connectivity index (χ1n) is 6.80. The Morgan fingerprint density at radius 1 is 1.55 bits per heavy atom. The highest BCUT2D eigenvalue weighted by Crippen LogP contribution is 2.15. The van der Waals surface area contributed by atoms with E-state index >= 15 is 0 Å². The third-order valence-electron chi connectivity index (χ3n) is 3.60. The van der Waals surface area contributed by atoms with Gasteiger partial charge in [-0.05, 0) is 56.6 Å². The van der Waals surface area contributed by atoms with E-state index < -0.39 is 10.0 Å². The normalized spacial score (nSPS) is 21.1. The molecule has 2 atom stereocenters. The minimum Gasteiger partial charge on any atom is -0.316 e. The van der Waals surface area contributed by atoms with E-state index in [1.165, 1.54) is 0 Å². The van der Waals surface area contributed by atoms with Gasteiger partial charge in [-0.1, -0.05) is 6.07 Å². The van der Waals surface area contributed by atoms with E-state index in [-0.39, 0.29) is 24.2 Å². The van der Waals surface area contributed by atoms with E-state index in [2.05, 4.69) is 10.0 Å². The summed E-state index contributed by atoms with van der Waals surface area (Å²) in [6.45, 7) is 3.93. The summed E-state index contributed by atoms with van der Waals surface area (Å²) in [4.78, 5) is 1.12. The maximum atomic E-state index is 12.1. The molecule has 7 heteroatoms. The Kier molecular flexibility index (Phi) is 7.47. The van der Waals surface area contributed by atoms with Gasteiger partial charge in [-0.25, -0.2) is 13.1 Å². The monoisotopic (exact) mass is 338 g/mol. The fraction of sp³-hybridized carbons (Fsp3) is 0.692. The molecule has 0 saturated carbocycles. The highest BCUT2D eigenvalue weighted by atomic mass is 35.5. The van der Waals surface area contributed by atoms with Gasteiger partial charge in [0.15, 0.2) is 0 Å². The van der Waals surface area contributed by atoms with Crippen molar-refractivity contribution >= 4 is 33.8 Å². The fourth-order valence-corrected chi connectivity index (χ4v) is 4.64. The molecule has 0 aromatic carbocycles. The van der Waals surface area contributed by atoms with Crippen LogP contribution in [0.25, 0.3) is 0 Å². The smallest absolute Gasteiger partial charge is 0.212 e. The Hall–Kier alpha value is -0.140. The van der Waals surface area contributed by atoms with Crippen LogP contribution in [0.2, 0.25) is 0 Å². The Balaban J connectivity index is 0.00000200. The van der Waals surface area contributed by atoms with Gasteiger partial charge in [0, 0.05) is 10.9 Å². The van der Waals surface area contributed by atoms with Crippen molar-refractivity contribution in [3.05, 3.63) is 22.4 Å². The average Bonchev–Trinajstić information content (AvgIpc) is 2.90. The van der Waals surface area contributed by atoms with Crippen molar-refractivity contribution in [3.8, 4) is 0 Å². The lowest BCUT2D eigenvalue weighted by atomic mass is 9.94. The van der Waals surface area contributed by atoms with Crippen LogP contribution in [-0.4, -0.2) is 33.3 Å². The molecule has 2 rings (SSSR count). The van der Waals surface area contributed by atoms with Crippen molar-refractivity contribution in [2.24, 2.45) is 5.92 Å². The summed E-state index contributed by atoms with van der Waals surface area (Å²) in [7, 11) is -3.18. The maximum Gasteiger partial charge on any atom is 0.212 e. The zero-order valence-electron chi connectivity index (χ0n) is 11.7. The molecule has 0 spiro atoms. The van der Waals surface area contributed by atoms with Crippen molar-refractivity contribution in [1.82, 2.24) is 10.0 Å². The minimum absolute atomic E-state index is 0. The third-order valence-corrected chi connectivity index (χ3v) is 6.01. The molecule has 1 fully saturated rings. The number of piperidine rings is 1. The standard InChI is InChI=1S/C13H22N2O2S2.ClH/c1-11(12-4-2-7-14-10-12)15-19(16,17)9-6-13-5-3-8-18-13;/h3,5,8,11-12,14-15H,2,4,6-7,9-10H2,1H3;1H. The number of thiophene rings is 1. The zero-order chi connectivity index (χ0) is 13.7. The molecular formula is C13H23ClN2O2S2. The van der Waals surface area contributed by atoms with E-state index in [4.69, 9.17) is 0 Å². The van der Waals surface area contributed by atoms with Crippen LogP contribution in [0.15, 0.2) is 17.5 Å². The summed E-state index contributed by atoms with van der Waals surface area (Å²) in [5.41, 5.74) is 0. The predicted octanol–water partition coefficient (Wildman–Crippen LogP) is 2.02. The SMILES string of the molecule is CC(NS(=O)(=O)CCc1cccs1)C1CCCNC1.Cl. The van der Waals surface area contributed by atoms with Crippen LogP contribution in [0.4, 0.5) is 0 Å². The quantitative estimate of drug-likeness (QED) is 0.834. The number of rotatable bonds is 6. The third kappa shape index (κ3) is 5.69. The summed E-state index contributed by atoms with van der Waals surface area (Å²) in [5, 5.41) is 5.30. The molecule has 4 nitrogen and oxygen atoms in total. The van der Waals surface area contributed by atoms with Gasteiger partial charge >= 0.3 is 0 Å². The van der Waals surface area contributed by atoms with Gasteiger partial charge in [-0.3, -0.25) is 0 Å². The second kappa shape index (κ2) is 8.34. The molecule has 2 unspecified atom stereocenters. The molecule has 0 bridgehead atoms. The highest BCUT2D eigenvalue weighted by Gasteiger charge is 2.23. The first kappa shape index (κ1) is 17.9. The van der Waals surface area contributed by atoms with E-state index in [9.17, 15) is 8.42 Å². The molecule has 0 aliphatic carbocycles. The van der Waals surface area contributed by atoms with E-state index in [0.717, 1.165) is 30.8 Å². The summed E-state index contributed by atoms with van der Waals surface area (Å²) in [5.74, 6) is 0.586. The molecule has 20 heavy (non-hydrogen) atoms. The van der Waals surface area contributed by atoms with Crippen LogP contribution in [-0.2, 0) is 16.4 Å². The summed E-state index contributed by atoms with van der Waals surface area (Å²) in [6.07, 6.45) is 2.83. The van der Waals surface area contributed by atoms with Crippen LogP contribution in [0.3, 0.4) is 0 Å².